The first-order chi connectivity index (χ1) is 9.17. The first-order valence-corrected chi connectivity index (χ1v) is 6.50. The van der Waals surface area contributed by atoms with Gasteiger partial charge < -0.3 is 9.47 Å². The summed E-state index contributed by atoms with van der Waals surface area (Å²) in [5, 5.41) is 1.93. The fraction of sp³-hybridized carbons (Fsp3) is 0.231. The van der Waals surface area contributed by atoms with Crippen molar-refractivity contribution in [2.75, 3.05) is 13.7 Å². The van der Waals surface area contributed by atoms with Crippen LogP contribution >= 0.6 is 11.3 Å². The zero-order valence-corrected chi connectivity index (χ0v) is 11.3. The van der Waals surface area contributed by atoms with E-state index < -0.39 is 11.8 Å². The Bertz CT molecular complexity index is 597. The first-order valence-electron chi connectivity index (χ1n) is 5.63. The van der Waals surface area contributed by atoms with Crippen molar-refractivity contribution in [2.24, 2.45) is 0 Å². The average Bonchev–Trinajstić information content (AvgIpc) is 2.88. The molecule has 0 unspecified atom stereocenters. The van der Waals surface area contributed by atoms with Crippen LogP contribution in [0.1, 0.15) is 17.4 Å². The summed E-state index contributed by atoms with van der Waals surface area (Å²) in [6.45, 7) is 1.99. The molecule has 0 aliphatic heterocycles. The van der Waals surface area contributed by atoms with E-state index in [0.29, 0.717) is 10.8 Å². The highest BCUT2D eigenvalue weighted by molar-refractivity contribution is 7.13. The maximum atomic E-state index is 13.9. The maximum Gasteiger partial charge on any atom is 0.357 e. The topological polar surface area (TPSA) is 48.4 Å². The normalized spacial score (nSPS) is 10.3. The van der Waals surface area contributed by atoms with E-state index in [1.165, 1.54) is 24.5 Å². The molecule has 100 valence electrons. The third-order valence-corrected chi connectivity index (χ3v) is 3.26. The standard InChI is InChI=1S/C13H12FNO3S/c1-3-18-13(16)9-7-19-12(15-9)11-8(14)5-4-6-10(11)17-2/h4-7H,3H2,1-2H3. The van der Waals surface area contributed by atoms with Gasteiger partial charge in [-0.2, -0.15) is 0 Å². The van der Waals surface area contributed by atoms with Crippen molar-refractivity contribution in [1.82, 2.24) is 4.98 Å². The third kappa shape index (κ3) is 2.73. The number of benzene rings is 1. The SMILES string of the molecule is CCOC(=O)c1csc(-c2c(F)cccc2OC)n1. The fourth-order valence-corrected chi connectivity index (χ4v) is 2.41. The van der Waals surface area contributed by atoms with Crippen LogP contribution in [0.3, 0.4) is 0 Å². The molecular weight excluding hydrogens is 269 g/mol. The summed E-state index contributed by atoms with van der Waals surface area (Å²) in [5.74, 6) is -0.575. The summed E-state index contributed by atoms with van der Waals surface area (Å²) in [7, 11) is 1.46. The van der Waals surface area contributed by atoms with Crippen LogP contribution in [0, 0.1) is 5.82 Å². The zero-order chi connectivity index (χ0) is 13.8. The summed E-state index contributed by atoms with van der Waals surface area (Å²) in [5.41, 5.74) is 0.428. The van der Waals surface area contributed by atoms with Crippen LogP contribution in [0.5, 0.6) is 5.75 Å². The Labute approximate surface area is 113 Å². The van der Waals surface area contributed by atoms with Crippen molar-refractivity contribution >= 4 is 17.3 Å². The van der Waals surface area contributed by atoms with E-state index in [1.807, 2.05) is 0 Å². The maximum absolute atomic E-state index is 13.9. The Kier molecular flexibility index (Phi) is 4.11. The molecule has 1 aromatic carbocycles. The Morgan fingerprint density at radius 3 is 2.95 bits per heavy atom. The summed E-state index contributed by atoms with van der Waals surface area (Å²) < 4.78 is 23.8. The second-order valence-electron chi connectivity index (χ2n) is 3.58. The number of methoxy groups -OCH3 is 1. The largest absolute Gasteiger partial charge is 0.496 e. The van der Waals surface area contributed by atoms with Gasteiger partial charge in [-0.25, -0.2) is 14.2 Å². The number of ether oxygens (including phenoxy) is 2. The Morgan fingerprint density at radius 2 is 2.26 bits per heavy atom. The molecule has 0 amide bonds. The van der Waals surface area contributed by atoms with E-state index in [0.717, 1.165) is 0 Å². The van der Waals surface area contributed by atoms with Crippen molar-refractivity contribution in [3.05, 3.63) is 35.1 Å². The molecule has 0 bridgehead atoms. The Balaban J connectivity index is 2.41. The molecule has 0 saturated heterocycles. The molecule has 4 nitrogen and oxygen atoms in total. The lowest BCUT2D eigenvalue weighted by Crippen LogP contribution is -2.04. The lowest BCUT2D eigenvalue weighted by atomic mass is 10.2. The monoisotopic (exact) mass is 281 g/mol. The summed E-state index contributed by atoms with van der Waals surface area (Å²) in [4.78, 5) is 15.6. The highest BCUT2D eigenvalue weighted by Crippen LogP contribution is 2.34. The average molecular weight is 281 g/mol. The van der Waals surface area contributed by atoms with E-state index in [1.54, 1.807) is 24.4 Å². The second-order valence-corrected chi connectivity index (χ2v) is 4.43. The van der Waals surface area contributed by atoms with Crippen LogP contribution in [0.4, 0.5) is 4.39 Å². The van der Waals surface area contributed by atoms with Crippen molar-refractivity contribution < 1.29 is 18.7 Å². The minimum atomic E-state index is -0.514. The molecule has 1 heterocycles. The summed E-state index contributed by atoms with van der Waals surface area (Å²) >= 11 is 1.17. The molecule has 0 aliphatic carbocycles. The van der Waals surface area contributed by atoms with E-state index in [-0.39, 0.29) is 17.9 Å². The molecule has 2 aromatic rings. The highest BCUT2D eigenvalue weighted by atomic mass is 32.1. The lowest BCUT2D eigenvalue weighted by molar-refractivity contribution is 0.0520. The van der Waals surface area contributed by atoms with Gasteiger partial charge in [0.1, 0.15) is 16.6 Å². The minimum absolute atomic E-state index is 0.173. The number of nitrogens with zero attached hydrogens (tertiary/aromatic N) is 1. The molecule has 0 atom stereocenters. The highest BCUT2D eigenvalue weighted by Gasteiger charge is 2.18. The van der Waals surface area contributed by atoms with Crippen molar-refractivity contribution in [3.8, 4) is 16.3 Å². The van der Waals surface area contributed by atoms with E-state index in [2.05, 4.69) is 4.98 Å². The Morgan fingerprint density at radius 1 is 1.47 bits per heavy atom. The first kappa shape index (κ1) is 13.5. The van der Waals surface area contributed by atoms with Gasteiger partial charge in [0.25, 0.3) is 0 Å². The van der Waals surface area contributed by atoms with Crippen molar-refractivity contribution in [2.45, 2.75) is 6.92 Å². The lowest BCUT2D eigenvalue weighted by Gasteiger charge is -2.06. The van der Waals surface area contributed by atoms with Gasteiger partial charge in [-0.3, -0.25) is 0 Å². The quantitative estimate of drug-likeness (QED) is 0.808. The predicted octanol–water partition coefficient (Wildman–Crippen LogP) is 3.13. The third-order valence-electron chi connectivity index (χ3n) is 2.40. The number of esters is 1. The van der Waals surface area contributed by atoms with Crippen molar-refractivity contribution in [1.29, 1.82) is 0 Å². The van der Waals surface area contributed by atoms with Crippen LogP contribution in [0.15, 0.2) is 23.6 Å². The number of carbonyl (C=O) groups excluding carboxylic acids is 1. The summed E-state index contributed by atoms with van der Waals surface area (Å²) in [6, 6.07) is 4.52. The number of rotatable bonds is 4. The van der Waals surface area contributed by atoms with Crippen LogP contribution in [-0.4, -0.2) is 24.7 Å². The molecule has 0 saturated carbocycles. The van der Waals surface area contributed by atoms with E-state index >= 15 is 0 Å². The van der Waals surface area contributed by atoms with Crippen LogP contribution in [0.2, 0.25) is 0 Å². The van der Waals surface area contributed by atoms with Crippen LogP contribution in [0.25, 0.3) is 10.6 Å². The Hall–Kier alpha value is -1.95. The number of thiazole rings is 1. The molecule has 0 spiro atoms. The number of halogens is 1. The second kappa shape index (κ2) is 5.79. The van der Waals surface area contributed by atoms with Gasteiger partial charge in [0, 0.05) is 5.38 Å². The molecule has 2 rings (SSSR count). The molecule has 0 fully saturated rings. The molecule has 0 N–H and O–H groups in total. The molecule has 19 heavy (non-hydrogen) atoms. The fourth-order valence-electron chi connectivity index (χ4n) is 1.57. The number of hydrogen-bond donors (Lipinski definition) is 0. The minimum Gasteiger partial charge on any atom is -0.496 e. The van der Waals surface area contributed by atoms with Gasteiger partial charge in [-0.05, 0) is 19.1 Å². The number of aromatic nitrogens is 1. The van der Waals surface area contributed by atoms with Gasteiger partial charge in [0.2, 0.25) is 0 Å². The number of carbonyl (C=O) groups is 1. The summed E-state index contributed by atoms with van der Waals surface area (Å²) in [6.07, 6.45) is 0. The van der Waals surface area contributed by atoms with Gasteiger partial charge in [-0.15, -0.1) is 11.3 Å². The van der Waals surface area contributed by atoms with E-state index in [4.69, 9.17) is 9.47 Å². The van der Waals surface area contributed by atoms with Gasteiger partial charge in [-0.1, -0.05) is 6.07 Å². The smallest absolute Gasteiger partial charge is 0.357 e. The molecule has 0 radical (unpaired) electrons. The number of hydrogen-bond acceptors (Lipinski definition) is 5. The van der Waals surface area contributed by atoms with Crippen LogP contribution < -0.4 is 4.74 Å². The van der Waals surface area contributed by atoms with Crippen LogP contribution in [-0.2, 0) is 4.74 Å². The molecule has 0 aliphatic rings. The zero-order valence-electron chi connectivity index (χ0n) is 10.5. The van der Waals surface area contributed by atoms with Gasteiger partial charge in [0.05, 0.1) is 19.3 Å². The molecule has 6 heteroatoms. The van der Waals surface area contributed by atoms with Gasteiger partial charge in [0.15, 0.2) is 5.69 Å². The predicted molar refractivity (Wildman–Crippen MR) is 70.0 cm³/mol. The molecule has 1 aromatic heterocycles. The van der Waals surface area contributed by atoms with Gasteiger partial charge >= 0.3 is 5.97 Å². The van der Waals surface area contributed by atoms with Crippen molar-refractivity contribution in [3.63, 3.8) is 0 Å². The van der Waals surface area contributed by atoms with E-state index in [9.17, 15) is 9.18 Å². The molecular formula is C13H12FNO3S.